The molecule has 0 saturated heterocycles. The summed E-state index contributed by atoms with van der Waals surface area (Å²) >= 11 is 6.16. The first-order valence-electron chi connectivity index (χ1n) is 6.08. The number of pyridine rings is 1. The third kappa shape index (κ3) is 2.89. The quantitative estimate of drug-likeness (QED) is 0.903. The molecule has 0 spiro atoms. The third-order valence-electron chi connectivity index (χ3n) is 2.80. The minimum Gasteiger partial charge on any atom is -0.322 e. The SMILES string of the molecule is CCCn1ncc(Cl)c1C(N)Cc1cccnc1. The number of hydrogen-bond acceptors (Lipinski definition) is 3. The minimum absolute atomic E-state index is 0.157. The van der Waals surface area contributed by atoms with Gasteiger partial charge >= 0.3 is 0 Å². The summed E-state index contributed by atoms with van der Waals surface area (Å²) in [5.74, 6) is 0. The standard InChI is InChI=1S/C13H17ClN4/c1-2-6-18-13(11(14)9-17-18)12(15)7-10-4-3-5-16-8-10/h3-5,8-9,12H,2,6-7,15H2,1H3. The van der Waals surface area contributed by atoms with Gasteiger partial charge in [0.1, 0.15) is 0 Å². The highest BCUT2D eigenvalue weighted by molar-refractivity contribution is 6.31. The van der Waals surface area contributed by atoms with Crippen molar-refractivity contribution in [2.45, 2.75) is 32.4 Å². The van der Waals surface area contributed by atoms with E-state index in [4.69, 9.17) is 17.3 Å². The van der Waals surface area contributed by atoms with Crippen molar-refractivity contribution < 1.29 is 0 Å². The van der Waals surface area contributed by atoms with Gasteiger partial charge in [-0.05, 0) is 24.5 Å². The van der Waals surface area contributed by atoms with Crippen molar-refractivity contribution in [2.24, 2.45) is 5.73 Å². The second-order valence-electron chi connectivity index (χ2n) is 4.27. The highest BCUT2D eigenvalue weighted by Gasteiger charge is 2.17. The maximum absolute atomic E-state index is 6.23. The molecule has 2 rings (SSSR count). The van der Waals surface area contributed by atoms with Crippen LogP contribution in [0.4, 0.5) is 0 Å². The van der Waals surface area contributed by atoms with Gasteiger partial charge in [-0.1, -0.05) is 24.6 Å². The van der Waals surface area contributed by atoms with Crippen molar-refractivity contribution in [3.63, 3.8) is 0 Å². The highest BCUT2D eigenvalue weighted by atomic mass is 35.5. The minimum atomic E-state index is -0.157. The van der Waals surface area contributed by atoms with Gasteiger partial charge in [-0.15, -0.1) is 0 Å². The summed E-state index contributed by atoms with van der Waals surface area (Å²) in [4.78, 5) is 4.09. The molecule has 2 N–H and O–H groups in total. The van der Waals surface area contributed by atoms with Gasteiger partial charge in [-0.3, -0.25) is 9.67 Å². The van der Waals surface area contributed by atoms with Gasteiger partial charge in [0.05, 0.1) is 23.0 Å². The van der Waals surface area contributed by atoms with E-state index in [0.717, 1.165) is 24.2 Å². The fourth-order valence-electron chi connectivity index (χ4n) is 2.00. The molecule has 0 bridgehead atoms. The summed E-state index contributed by atoms with van der Waals surface area (Å²) in [6.45, 7) is 2.94. The Kier molecular flexibility index (Phi) is 4.33. The van der Waals surface area contributed by atoms with Gasteiger partial charge in [-0.25, -0.2) is 0 Å². The van der Waals surface area contributed by atoms with E-state index in [-0.39, 0.29) is 6.04 Å². The Morgan fingerprint density at radius 1 is 1.44 bits per heavy atom. The van der Waals surface area contributed by atoms with Crippen LogP contribution in [0.25, 0.3) is 0 Å². The van der Waals surface area contributed by atoms with Crippen LogP contribution < -0.4 is 5.73 Å². The monoisotopic (exact) mass is 264 g/mol. The van der Waals surface area contributed by atoms with E-state index >= 15 is 0 Å². The zero-order valence-corrected chi connectivity index (χ0v) is 11.1. The molecule has 5 heteroatoms. The first-order valence-corrected chi connectivity index (χ1v) is 6.45. The van der Waals surface area contributed by atoms with E-state index in [1.807, 2.05) is 23.0 Å². The molecule has 0 aliphatic heterocycles. The van der Waals surface area contributed by atoms with E-state index in [2.05, 4.69) is 17.0 Å². The molecular formula is C13H17ClN4. The van der Waals surface area contributed by atoms with Crippen LogP contribution in [0.1, 0.15) is 30.6 Å². The molecule has 4 nitrogen and oxygen atoms in total. The summed E-state index contributed by atoms with van der Waals surface area (Å²) < 4.78 is 1.89. The summed E-state index contributed by atoms with van der Waals surface area (Å²) in [6, 6.07) is 3.77. The van der Waals surface area contributed by atoms with Gasteiger partial charge in [0.25, 0.3) is 0 Å². The van der Waals surface area contributed by atoms with E-state index in [9.17, 15) is 0 Å². The van der Waals surface area contributed by atoms with Crippen LogP contribution in [0.3, 0.4) is 0 Å². The van der Waals surface area contributed by atoms with Crippen LogP contribution in [0.2, 0.25) is 5.02 Å². The number of rotatable bonds is 5. The lowest BCUT2D eigenvalue weighted by Gasteiger charge is -2.14. The van der Waals surface area contributed by atoms with Crippen molar-refractivity contribution in [3.05, 3.63) is 47.0 Å². The second kappa shape index (κ2) is 5.98. The molecule has 2 aromatic heterocycles. The van der Waals surface area contributed by atoms with Crippen LogP contribution in [0.15, 0.2) is 30.7 Å². The maximum Gasteiger partial charge on any atom is 0.0834 e. The fraction of sp³-hybridized carbons (Fsp3) is 0.385. The molecule has 18 heavy (non-hydrogen) atoms. The van der Waals surface area contributed by atoms with Crippen LogP contribution >= 0.6 is 11.6 Å². The topological polar surface area (TPSA) is 56.7 Å². The molecule has 2 aromatic rings. The molecule has 2 heterocycles. The molecule has 0 saturated carbocycles. The third-order valence-corrected chi connectivity index (χ3v) is 3.09. The molecule has 0 aliphatic carbocycles. The first kappa shape index (κ1) is 13.1. The van der Waals surface area contributed by atoms with E-state index < -0.39 is 0 Å². The molecule has 0 aliphatic rings. The van der Waals surface area contributed by atoms with Crippen molar-refractivity contribution in [1.82, 2.24) is 14.8 Å². The molecule has 1 atom stereocenters. The number of nitrogens with zero attached hydrogens (tertiary/aromatic N) is 3. The average Bonchev–Trinajstić information content (AvgIpc) is 2.72. The lowest BCUT2D eigenvalue weighted by Crippen LogP contribution is -2.19. The number of nitrogens with two attached hydrogens (primary N) is 1. The molecular weight excluding hydrogens is 248 g/mol. The van der Waals surface area contributed by atoms with Gasteiger partial charge in [0.2, 0.25) is 0 Å². The molecule has 0 fully saturated rings. The summed E-state index contributed by atoms with van der Waals surface area (Å²) in [6.07, 6.45) is 6.96. The summed E-state index contributed by atoms with van der Waals surface area (Å²) in [7, 11) is 0. The summed E-state index contributed by atoms with van der Waals surface area (Å²) in [5.41, 5.74) is 8.24. The fourth-order valence-corrected chi connectivity index (χ4v) is 2.28. The Hall–Kier alpha value is -1.39. The van der Waals surface area contributed by atoms with Crippen LogP contribution in [0.5, 0.6) is 0 Å². The number of hydrogen-bond donors (Lipinski definition) is 1. The van der Waals surface area contributed by atoms with Crippen molar-refractivity contribution in [2.75, 3.05) is 0 Å². The predicted octanol–water partition coefficient (Wildman–Crippen LogP) is 2.58. The highest BCUT2D eigenvalue weighted by Crippen LogP contribution is 2.24. The van der Waals surface area contributed by atoms with Crippen molar-refractivity contribution in [1.29, 1.82) is 0 Å². The Balaban J connectivity index is 2.18. The van der Waals surface area contributed by atoms with Gasteiger partial charge in [0, 0.05) is 18.9 Å². The summed E-state index contributed by atoms with van der Waals surface area (Å²) in [5, 5.41) is 4.90. The largest absolute Gasteiger partial charge is 0.322 e. The van der Waals surface area contributed by atoms with Crippen LogP contribution in [-0.4, -0.2) is 14.8 Å². The first-order chi connectivity index (χ1) is 8.72. The van der Waals surface area contributed by atoms with Gasteiger partial charge < -0.3 is 5.73 Å². The van der Waals surface area contributed by atoms with Gasteiger partial charge in [-0.2, -0.15) is 5.10 Å². The van der Waals surface area contributed by atoms with Crippen LogP contribution in [-0.2, 0) is 13.0 Å². The normalized spacial score (nSPS) is 12.6. The van der Waals surface area contributed by atoms with Gasteiger partial charge in [0.15, 0.2) is 0 Å². The predicted molar refractivity (Wildman–Crippen MR) is 72.4 cm³/mol. The smallest absolute Gasteiger partial charge is 0.0834 e. The molecule has 0 amide bonds. The Morgan fingerprint density at radius 3 is 2.94 bits per heavy atom. The van der Waals surface area contributed by atoms with E-state index in [1.54, 1.807) is 12.4 Å². The van der Waals surface area contributed by atoms with E-state index in [1.165, 1.54) is 0 Å². The average molecular weight is 265 g/mol. The zero-order valence-electron chi connectivity index (χ0n) is 10.4. The molecule has 1 unspecified atom stereocenters. The Bertz CT molecular complexity index is 495. The number of halogens is 1. The van der Waals surface area contributed by atoms with Crippen LogP contribution in [0, 0.1) is 0 Å². The second-order valence-corrected chi connectivity index (χ2v) is 4.68. The zero-order chi connectivity index (χ0) is 13.0. The molecule has 96 valence electrons. The number of aromatic nitrogens is 3. The van der Waals surface area contributed by atoms with Crippen molar-refractivity contribution >= 4 is 11.6 Å². The molecule has 0 radical (unpaired) electrons. The Labute approximate surface area is 112 Å². The van der Waals surface area contributed by atoms with Crippen molar-refractivity contribution in [3.8, 4) is 0 Å². The molecule has 0 aromatic carbocycles. The Morgan fingerprint density at radius 2 is 2.28 bits per heavy atom. The van der Waals surface area contributed by atoms with E-state index in [0.29, 0.717) is 11.4 Å². The lowest BCUT2D eigenvalue weighted by molar-refractivity contribution is 0.537. The maximum atomic E-state index is 6.23. The lowest BCUT2D eigenvalue weighted by atomic mass is 10.1. The number of aryl methyl sites for hydroxylation is 1.